The molecule has 1 fully saturated rings. The number of fused-ring (bicyclic) bond motifs is 3. The van der Waals surface area contributed by atoms with Crippen LogP contribution in [0.5, 0.6) is 0 Å². The Bertz CT molecular complexity index is 1050. The lowest BCUT2D eigenvalue weighted by molar-refractivity contribution is -0.265. The van der Waals surface area contributed by atoms with Gasteiger partial charge in [-0.05, 0) is 67.1 Å². The fourth-order valence-corrected chi connectivity index (χ4v) is 4.58. The fourth-order valence-electron chi connectivity index (χ4n) is 4.58. The molecule has 0 aromatic heterocycles. The van der Waals surface area contributed by atoms with Gasteiger partial charge in [-0.15, -0.1) is 0 Å². The average molecular weight is 385 g/mol. The van der Waals surface area contributed by atoms with Crippen molar-refractivity contribution >= 4 is 0 Å². The van der Waals surface area contributed by atoms with E-state index in [2.05, 4.69) is 100 Å². The average Bonchev–Trinajstić information content (AvgIpc) is 3.04. The Kier molecular flexibility index (Phi) is 4.20. The Balaban J connectivity index is 1.57. The molecule has 2 heteroatoms. The number of ether oxygens (including phenoxy) is 2. The quantitative estimate of drug-likeness (QED) is 0.393. The van der Waals surface area contributed by atoms with Crippen molar-refractivity contribution in [2.75, 3.05) is 6.61 Å². The van der Waals surface area contributed by atoms with E-state index < -0.39 is 0 Å². The van der Waals surface area contributed by atoms with Crippen molar-refractivity contribution in [1.29, 1.82) is 0 Å². The standard InChI is InChI=1S/C27H28O2/c1-26(2)27(3,4)29-24(17-28-26)19-14-15-22-23(16-19)20-12-8-9-13-21(20)25(22)18-10-6-5-7-11-18/h5-16,24-25H,17H2,1-4H3. The minimum atomic E-state index is -0.348. The summed E-state index contributed by atoms with van der Waals surface area (Å²) in [6.07, 6.45) is -0.0498. The Morgan fingerprint density at radius 2 is 1.38 bits per heavy atom. The van der Waals surface area contributed by atoms with Crippen LogP contribution in [-0.4, -0.2) is 17.8 Å². The molecule has 1 saturated heterocycles. The molecule has 0 amide bonds. The van der Waals surface area contributed by atoms with Crippen LogP contribution in [0.25, 0.3) is 11.1 Å². The van der Waals surface area contributed by atoms with Gasteiger partial charge in [0.15, 0.2) is 0 Å². The molecule has 3 aromatic rings. The van der Waals surface area contributed by atoms with Gasteiger partial charge in [0.1, 0.15) is 6.10 Å². The normalized spacial score (nSPS) is 24.0. The third-order valence-electron chi connectivity index (χ3n) is 6.94. The molecule has 29 heavy (non-hydrogen) atoms. The molecule has 2 nitrogen and oxygen atoms in total. The van der Waals surface area contributed by atoms with Gasteiger partial charge in [-0.25, -0.2) is 0 Å². The molecule has 5 rings (SSSR count). The van der Waals surface area contributed by atoms with Crippen LogP contribution >= 0.6 is 0 Å². The van der Waals surface area contributed by atoms with Gasteiger partial charge in [-0.1, -0.05) is 66.7 Å². The third-order valence-corrected chi connectivity index (χ3v) is 6.94. The summed E-state index contributed by atoms with van der Waals surface area (Å²) in [6, 6.07) is 26.4. The van der Waals surface area contributed by atoms with Gasteiger partial charge in [-0.3, -0.25) is 0 Å². The molecule has 3 aromatic carbocycles. The summed E-state index contributed by atoms with van der Waals surface area (Å²) in [7, 11) is 0. The minimum absolute atomic E-state index is 0.0498. The molecule has 2 unspecified atom stereocenters. The highest BCUT2D eigenvalue weighted by Gasteiger charge is 2.45. The topological polar surface area (TPSA) is 18.5 Å². The highest BCUT2D eigenvalue weighted by molar-refractivity contribution is 5.81. The van der Waals surface area contributed by atoms with Crippen LogP contribution in [0.3, 0.4) is 0 Å². The Labute approximate surface area is 173 Å². The second kappa shape index (κ2) is 6.55. The predicted molar refractivity (Wildman–Crippen MR) is 117 cm³/mol. The van der Waals surface area contributed by atoms with Crippen LogP contribution in [0, 0.1) is 0 Å². The predicted octanol–water partition coefficient (Wildman–Crippen LogP) is 6.49. The van der Waals surface area contributed by atoms with Crippen LogP contribution in [0.2, 0.25) is 0 Å². The van der Waals surface area contributed by atoms with Crippen LogP contribution in [0.15, 0.2) is 72.8 Å². The van der Waals surface area contributed by atoms with Crippen molar-refractivity contribution < 1.29 is 9.47 Å². The first kappa shape index (κ1) is 18.6. The Hall–Kier alpha value is -2.42. The van der Waals surface area contributed by atoms with Crippen LogP contribution in [-0.2, 0) is 9.47 Å². The number of hydrogen-bond acceptors (Lipinski definition) is 2. The van der Waals surface area contributed by atoms with E-state index in [0.29, 0.717) is 6.61 Å². The molecule has 0 N–H and O–H groups in total. The van der Waals surface area contributed by atoms with E-state index in [1.807, 2.05) is 0 Å². The van der Waals surface area contributed by atoms with Crippen molar-refractivity contribution in [3.05, 3.63) is 95.1 Å². The summed E-state index contributed by atoms with van der Waals surface area (Å²) in [4.78, 5) is 0. The van der Waals surface area contributed by atoms with Crippen molar-refractivity contribution in [3.63, 3.8) is 0 Å². The summed E-state index contributed by atoms with van der Waals surface area (Å²) in [5.74, 6) is 0.287. The highest BCUT2D eigenvalue weighted by Crippen LogP contribution is 2.49. The summed E-state index contributed by atoms with van der Waals surface area (Å²) in [5.41, 5.74) is 7.28. The maximum absolute atomic E-state index is 6.51. The van der Waals surface area contributed by atoms with E-state index in [-0.39, 0.29) is 23.2 Å². The number of rotatable bonds is 2. The SMILES string of the molecule is CC1(C)OCC(c2ccc3c(c2)-c2ccccc2C3c2ccccc2)OC1(C)C. The summed E-state index contributed by atoms with van der Waals surface area (Å²) in [6.45, 7) is 9.03. The zero-order valence-corrected chi connectivity index (χ0v) is 17.6. The molecule has 0 saturated carbocycles. The molecule has 0 bridgehead atoms. The molecular weight excluding hydrogens is 356 g/mol. The smallest absolute Gasteiger partial charge is 0.107 e. The van der Waals surface area contributed by atoms with Gasteiger partial charge >= 0.3 is 0 Å². The van der Waals surface area contributed by atoms with Crippen molar-refractivity contribution in [3.8, 4) is 11.1 Å². The van der Waals surface area contributed by atoms with Crippen molar-refractivity contribution in [2.45, 2.75) is 50.9 Å². The first-order valence-corrected chi connectivity index (χ1v) is 10.5. The largest absolute Gasteiger partial charge is 0.370 e. The van der Waals surface area contributed by atoms with Crippen molar-refractivity contribution in [1.82, 2.24) is 0 Å². The lowest BCUT2D eigenvalue weighted by Gasteiger charge is -2.48. The molecule has 1 aliphatic heterocycles. The first-order chi connectivity index (χ1) is 13.9. The highest BCUT2D eigenvalue weighted by atomic mass is 16.6. The van der Waals surface area contributed by atoms with Gasteiger partial charge in [0, 0.05) is 5.92 Å². The fraction of sp³-hybridized carbons (Fsp3) is 0.333. The Morgan fingerprint density at radius 1 is 0.690 bits per heavy atom. The van der Waals surface area contributed by atoms with Gasteiger partial charge in [0.2, 0.25) is 0 Å². The molecule has 1 aliphatic carbocycles. The number of hydrogen-bond donors (Lipinski definition) is 0. The van der Waals surface area contributed by atoms with Crippen LogP contribution in [0.1, 0.15) is 62.0 Å². The monoisotopic (exact) mass is 384 g/mol. The molecular formula is C27H28O2. The first-order valence-electron chi connectivity index (χ1n) is 10.5. The van der Waals surface area contributed by atoms with Gasteiger partial charge in [0.05, 0.1) is 17.8 Å². The maximum Gasteiger partial charge on any atom is 0.107 e. The minimum Gasteiger partial charge on any atom is -0.370 e. The molecule has 1 heterocycles. The molecule has 2 atom stereocenters. The summed E-state index contributed by atoms with van der Waals surface area (Å²) in [5, 5.41) is 0. The summed E-state index contributed by atoms with van der Waals surface area (Å²) < 4.78 is 12.7. The van der Waals surface area contributed by atoms with Gasteiger partial charge in [-0.2, -0.15) is 0 Å². The lowest BCUT2D eigenvalue weighted by atomic mass is 9.86. The van der Waals surface area contributed by atoms with E-state index in [4.69, 9.17) is 9.47 Å². The van der Waals surface area contributed by atoms with E-state index in [0.717, 1.165) is 0 Å². The van der Waals surface area contributed by atoms with Crippen LogP contribution < -0.4 is 0 Å². The van der Waals surface area contributed by atoms with Gasteiger partial charge < -0.3 is 9.47 Å². The van der Waals surface area contributed by atoms with E-state index in [9.17, 15) is 0 Å². The van der Waals surface area contributed by atoms with Gasteiger partial charge in [0.25, 0.3) is 0 Å². The zero-order valence-electron chi connectivity index (χ0n) is 17.6. The lowest BCUT2D eigenvalue weighted by Crippen LogP contribution is -2.54. The zero-order chi connectivity index (χ0) is 20.2. The maximum atomic E-state index is 6.51. The molecule has 0 spiro atoms. The van der Waals surface area contributed by atoms with E-state index in [1.165, 1.54) is 33.4 Å². The van der Waals surface area contributed by atoms with E-state index in [1.54, 1.807) is 0 Å². The summed E-state index contributed by atoms with van der Waals surface area (Å²) >= 11 is 0. The van der Waals surface area contributed by atoms with Crippen LogP contribution in [0.4, 0.5) is 0 Å². The third kappa shape index (κ3) is 2.94. The van der Waals surface area contributed by atoms with Crippen molar-refractivity contribution in [2.24, 2.45) is 0 Å². The second-order valence-electron chi connectivity index (χ2n) is 9.22. The second-order valence-corrected chi connectivity index (χ2v) is 9.22. The Morgan fingerprint density at radius 3 is 2.14 bits per heavy atom. The number of benzene rings is 3. The molecule has 2 aliphatic rings. The molecule has 0 radical (unpaired) electrons. The van der Waals surface area contributed by atoms with E-state index >= 15 is 0 Å². The molecule has 148 valence electrons.